The van der Waals surface area contributed by atoms with Gasteiger partial charge in [0.25, 0.3) is 0 Å². The van der Waals surface area contributed by atoms with Gasteiger partial charge in [0.15, 0.2) is 11.6 Å². The lowest BCUT2D eigenvalue weighted by molar-refractivity contribution is -0.128. The molecule has 124 valence electrons. The van der Waals surface area contributed by atoms with E-state index >= 15 is 0 Å². The Labute approximate surface area is 143 Å². The molecule has 0 aliphatic heterocycles. The van der Waals surface area contributed by atoms with Gasteiger partial charge in [0, 0.05) is 30.4 Å². The standard InChI is InChI=1S/C17H15F2N3OS/c18-15-5-4-14(9-16(15)19)24-12-17(23)22(8-2-6-20)11-13-3-1-7-21-10-13/h1,3-5,7,9-10H,2,8,11-12H2. The Bertz CT molecular complexity index is 734. The lowest BCUT2D eigenvalue weighted by Crippen LogP contribution is -2.32. The number of nitrogens with zero attached hydrogens (tertiary/aromatic N) is 3. The summed E-state index contributed by atoms with van der Waals surface area (Å²) < 4.78 is 26.1. The third-order valence-corrected chi connectivity index (χ3v) is 4.17. The van der Waals surface area contributed by atoms with Crippen LogP contribution in [0.4, 0.5) is 8.78 Å². The molecule has 0 N–H and O–H groups in total. The molecule has 0 fully saturated rings. The van der Waals surface area contributed by atoms with Crippen molar-refractivity contribution in [2.75, 3.05) is 12.3 Å². The quantitative estimate of drug-likeness (QED) is 0.721. The average molecular weight is 347 g/mol. The normalized spacial score (nSPS) is 10.2. The minimum atomic E-state index is -0.941. The van der Waals surface area contributed by atoms with Gasteiger partial charge in [0.05, 0.1) is 18.2 Å². The molecular formula is C17H15F2N3OS. The molecule has 0 saturated carbocycles. The Kier molecular flexibility index (Phi) is 6.70. The first kappa shape index (κ1) is 17.9. The monoisotopic (exact) mass is 347 g/mol. The maximum absolute atomic E-state index is 13.2. The molecule has 0 atom stereocenters. The topological polar surface area (TPSA) is 57.0 Å². The number of thioether (sulfide) groups is 1. The van der Waals surface area contributed by atoms with E-state index in [4.69, 9.17) is 5.26 Å². The Balaban J connectivity index is 1.98. The highest BCUT2D eigenvalue weighted by atomic mass is 32.2. The number of benzene rings is 1. The molecule has 0 bridgehead atoms. The van der Waals surface area contributed by atoms with Crippen LogP contribution in [0.5, 0.6) is 0 Å². The van der Waals surface area contributed by atoms with E-state index in [1.54, 1.807) is 23.4 Å². The van der Waals surface area contributed by atoms with Crippen molar-refractivity contribution in [1.82, 2.24) is 9.88 Å². The first-order valence-corrected chi connectivity index (χ1v) is 8.20. The molecule has 0 unspecified atom stereocenters. The second kappa shape index (κ2) is 8.99. The van der Waals surface area contributed by atoms with Crippen molar-refractivity contribution in [3.05, 3.63) is 59.9 Å². The summed E-state index contributed by atoms with van der Waals surface area (Å²) in [6, 6.07) is 9.17. The highest BCUT2D eigenvalue weighted by Gasteiger charge is 2.15. The molecule has 1 amide bonds. The van der Waals surface area contributed by atoms with Crippen LogP contribution in [-0.2, 0) is 11.3 Å². The maximum atomic E-state index is 13.2. The fourth-order valence-electron chi connectivity index (χ4n) is 1.99. The van der Waals surface area contributed by atoms with Crippen LogP contribution in [-0.4, -0.2) is 28.1 Å². The predicted octanol–water partition coefficient (Wildman–Crippen LogP) is 3.39. The molecular weight excluding hydrogens is 332 g/mol. The molecule has 1 heterocycles. The summed E-state index contributed by atoms with van der Waals surface area (Å²) in [4.78, 5) is 18.4. The lowest BCUT2D eigenvalue weighted by Gasteiger charge is -2.21. The number of hydrogen-bond acceptors (Lipinski definition) is 4. The van der Waals surface area contributed by atoms with Gasteiger partial charge in [0.2, 0.25) is 5.91 Å². The van der Waals surface area contributed by atoms with Crippen LogP contribution in [0.2, 0.25) is 0 Å². The number of hydrogen-bond donors (Lipinski definition) is 0. The zero-order chi connectivity index (χ0) is 17.4. The fraction of sp³-hybridized carbons (Fsp3) is 0.235. The highest BCUT2D eigenvalue weighted by Crippen LogP contribution is 2.21. The molecule has 1 aromatic heterocycles. The number of aromatic nitrogens is 1. The number of nitriles is 1. The van der Waals surface area contributed by atoms with Gasteiger partial charge < -0.3 is 4.90 Å². The van der Waals surface area contributed by atoms with Crippen LogP contribution in [0.15, 0.2) is 47.6 Å². The summed E-state index contributed by atoms with van der Waals surface area (Å²) in [6.07, 6.45) is 3.53. The van der Waals surface area contributed by atoms with E-state index in [-0.39, 0.29) is 18.1 Å². The number of pyridine rings is 1. The van der Waals surface area contributed by atoms with Crippen LogP contribution in [0, 0.1) is 23.0 Å². The first-order chi connectivity index (χ1) is 11.6. The largest absolute Gasteiger partial charge is 0.337 e. The lowest BCUT2D eigenvalue weighted by atomic mass is 10.2. The van der Waals surface area contributed by atoms with Crippen molar-refractivity contribution in [2.45, 2.75) is 17.9 Å². The molecule has 2 aromatic rings. The molecule has 4 nitrogen and oxygen atoms in total. The minimum Gasteiger partial charge on any atom is -0.337 e. The summed E-state index contributed by atoms with van der Waals surface area (Å²) in [5.74, 6) is -1.96. The van der Waals surface area contributed by atoms with Gasteiger partial charge in [-0.3, -0.25) is 9.78 Å². The van der Waals surface area contributed by atoms with E-state index in [9.17, 15) is 13.6 Å². The SMILES string of the molecule is N#CCCN(Cc1cccnc1)C(=O)CSc1ccc(F)c(F)c1. The maximum Gasteiger partial charge on any atom is 0.233 e. The zero-order valence-corrected chi connectivity index (χ0v) is 13.6. The van der Waals surface area contributed by atoms with Crippen LogP contribution < -0.4 is 0 Å². The Hall–Kier alpha value is -2.46. The van der Waals surface area contributed by atoms with Gasteiger partial charge in [-0.2, -0.15) is 5.26 Å². The third kappa shape index (κ3) is 5.32. The van der Waals surface area contributed by atoms with Crippen LogP contribution in [0.1, 0.15) is 12.0 Å². The molecule has 0 aliphatic carbocycles. The molecule has 1 aromatic carbocycles. The van der Waals surface area contributed by atoms with Gasteiger partial charge in [-0.15, -0.1) is 11.8 Å². The van der Waals surface area contributed by atoms with Crippen molar-refractivity contribution in [3.8, 4) is 6.07 Å². The summed E-state index contributed by atoms with van der Waals surface area (Å²) in [6.45, 7) is 0.662. The molecule has 7 heteroatoms. The summed E-state index contributed by atoms with van der Waals surface area (Å²) in [5.41, 5.74) is 0.863. The van der Waals surface area contributed by atoms with Crippen LogP contribution in [0.3, 0.4) is 0 Å². The van der Waals surface area contributed by atoms with Gasteiger partial charge in [-0.1, -0.05) is 6.07 Å². The minimum absolute atomic E-state index is 0.0801. The van der Waals surface area contributed by atoms with Gasteiger partial charge in [-0.05, 0) is 29.8 Å². The van der Waals surface area contributed by atoms with Crippen molar-refractivity contribution in [1.29, 1.82) is 5.26 Å². The van der Waals surface area contributed by atoms with E-state index < -0.39 is 11.6 Å². The Morgan fingerprint density at radius 3 is 2.79 bits per heavy atom. The Morgan fingerprint density at radius 1 is 1.29 bits per heavy atom. The van der Waals surface area contributed by atoms with E-state index in [0.717, 1.165) is 29.5 Å². The van der Waals surface area contributed by atoms with E-state index in [1.165, 1.54) is 6.07 Å². The number of halogens is 2. The number of amides is 1. The average Bonchev–Trinajstić information content (AvgIpc) is 2.60. The molecule has 0 radical (unpaired) electrons. The summed E-state index contributed by atoms with van der Waals surface area (Å²) >= 11 is 1.13. The Morgan fingerprint density at radius 2 is 2.12 bits per heavy atom. The molecule has 0 aliphatic rings. The van der Waals surface area contributed by atoms with Crippen molar-refractivity contribution < 1.29 is 13.6 Å². The molecule has 2 rings (SSSR count). The van der Waals surface area contributed by atoms with Gasteiger partial charge in [-0.25, -0.2) is 8.78 Å². The molecule has 0 saturated heterocycles. The van der Waals surface area contributed by atoms with Crippen molar-refractivity contribution in [2.24, 2.45) is 0 Å². The van der Waals surface area contributed by atoms with Gasteiger partial charge >= 0.3 is 0 Å². The fourth-order valence-corrected chi connectivity index (χ4v) is 2.82. The number of rotatable bonds is 7. The smallest absolute Gasteiger partial charge is 0.233 e. The second-order valence-electron chi connectivity index (χ2n) is 4.95. The molecule has 24 heavy (non-hydrogen) atoms. The van der Waals surface area contributed by atoms with E-state index in [2.05, 4.69) is 4.98 Å². The summed E-state index contributed by atoms with van der Waals surface area (Å²) in [5, 5.41) is 8.74. The van der Waals surface area contributed by atoms with E-state index in [0.29, 0.717) is 18.0 Å². The van der Waals surface area contributed by atoms with E-state index in [1.807, 2.05) is 12.1 Å². The second-order valence-corrected chi connectivity index (χ2v) is 6.00. The highest BCUT2D eigenvalue weighted by molar-refractivity contribution is 8.00. The third-order valence-electron chi connectivity index (χ3n) is 3.20. The van der Waals surface area contributed by atoms with Crippen LogP contribution >= 0.6 is 11.8 Å². The van der Waals surface area contributed by atoms with Crippen molar-refractivity contribution >= 4 is 17.7 Å². The number of carbonyl (C=O) groups is 1. The predicted molar refractivity (Wildman–Crippen MR) is 87.0 cm³/mol. The first-order valence-electron chi connectivity index (χ1n) is 7.21. The molecule has 0 spiro atoms. The number of carbonyl (C=O) groups excluding carboxylic acids is 1. The van der Waals surface area contributed by atoms with Crippen LogP contribution in [0.25, 0.3) is 0 Å². The zero-order valence-electron chi connectivity index (χ0n) is 12.8. The summed E-state index contributed by atoms with van der Waals surface area (Å²) in [7, 11) is 0. The van der Waals surface area contributed by atoms with Gasteiger partial charge in [0.1, 0.15) is 0 Å². The van der Waals surface area contributed by atoms with Crippen molar-refractivity contribution in [3.63, 3.8) is 0 Å².